The molecule has 2 aromatic rings. The predicted octanol–water partition coefficient (Wildman–Crippen LogP) is 3.70. The summed E-state index contributed by atoms with van der Waals surface area (Å²) in [5.74, 6) is -1.06. The van der Waals surface area contributed by atoms with Gasteiger partial charge in [-0.1, -0.05) is 30.3 Å². The van der Waals surface area contributed by atoms with Crippen LogP contribution in [0.5, 0.6) is 5.75 Å². The maximum Gasteiger partial charge on any atom is 0.534 e. The number of nitrogens with one attached hydrogen (secondary N) is 1. The Morgan fingerprint density at radius 3 is 2.44 bits per heavy atom. The monoisotopic (exact) mass is 403 g/mol. The Morgan fingerprint density at radius 1 is 1.07 bits per heavy atom. The molecule has 0 radical (unpaired) electrons. The SMILES string of the molecule is O=S(=O)(Oc1ccc(F)c2c1CC(NCc1ccccc1)CC2)C(F)(F)F. The molecule has 1 aliphatic carbocycles. The minimum absolute atomic E-state index is 0.143. The molecule has 1 aliphatic rings. The van der Waals surface area contributed by atoms with Crippen LogP contribution < -0.4 is 9.50 Å². The highest BCUT2D eigenvalue weighted by atomic mass is 32.2. The zero-order chi connectivity index (χ0) is 19.7. The first-order chi connectivity index (χ1) is 12.7. The van der Waals surface area contributed by atoms with Gasteiger partial charge in [0.25, 0.3) is 0 Å². The molecule has 0 bridgehead atoms. The van der Waals surface area contributed by atoms with Crippen molar-refractivity contribution in [1.82, 2.24) is 5.32 Å². The van der Waals surface area contributed by atoms with E-state index >= 15 is 0 Å². The number of hydrogen-bond donors (Lipinski definition) is 1. The zero-order valence-corrected chi connectivity index (χ0v) is 14.9. The van der Waals surface area contributed by atoms with Crippen LogP contribution in [0.3, 0.4) is 0 Å². The third-order valence-electron chi connectivity index (χ3n) is 4.45. The summed E-state index contributed by atoms with van der Waals surface area (Å²) in [6.07, 6.45) is 1.02. The van der Waals surface area contributed by atoms with E-state index in [1.54, 1.807) is 0 Å². The normalized spacial score (nSPS) is 17.4. The Labute approximate surface area is 154 Å². The van der Waals surface area contributed by atoms with E-state index in [1.165, 1.54) is 0 Å². The highest BCUT2D eigenvalue weighted by molar-refractivity contribution is 7.88. The molecule has 1 atom stereocenters. The number of fused-ring (bicyclic) bond motifs is 1. The second kappa shape index (κ2) is 7.47. The maximum atomic E-state index is 14.0. The molecule has 0 heterocycles. The molecule has 1 unspecified atom stereocenters. The van der Waals surface area contributed by atoms with E-state index in [1.807, 2.05) is 30.3 Å². The molecule has 0 fully saturated rings. The van der Waals surface area contributed by atoms with Gasteiger partial charge < -0.3 is 9.50 Å². The number of hydrogen-bond acceptors (Lipinski definition) is 4. The summed E-state index contributed by atoms with van der Waals surface area (Å²) in [7, 11) is -5.81. The van der Waals surface area contributed by atoms with Crippen LogP contribution in [-0.4, -0.2) is 20.0 Å². The first-order valence-electron chi connectivity index (χ1n) is 8.25. The number of benzene rings is 2. The van der Waals surface area contributed by atoms with E-state index in [0.29, 0.717) is 13.0 Å². The fourth-order valence-corrected chi connectivity index (χ4v) is 3.57. The predicted molar refractivity (Wildman–Crippen MR) is 91.1 cm³/mol. The van der Waals surface area contributed by atoms with Crippen LogP contribution in [-0.2, 0) is 29.5 Å². The lowest BCUT2D eigenvalue weighted by molar-refractivity contribution is -0.0500. The molecule has 0 spiro atoms. The zero-order valence-electron chi connectivity index (χ0n) is 14.1. The van der Waals surface area contributed by atoms with Gasteiger partial charge in [0.1, 0.15) is 11.6 Å². The van der Waals surface area contributed by atoms with E-state index < -0.39 is 27.2 Å². The van der Waals surface area contributed by atoms with Crippen molar-refractivity contribution in [2.75, 3.05) is 0 Å². The molecule has 3 rings (SSSR count). The Bertz CT molecular complexity index is 914. The van der Waals surface area contributed by atoms with Crippen molar-refractivity contribution in [3.8, 4) is 5.75 Å². The van der Waals surface area contributed by atoms with Crippen LogP contribution in [0.1, 0.15) is 23.1 Å². The summed E-state index contributed by atoms with van der Waals surface area (Å²) in [6, 6.07) is 11.2. The molecule has 1 N–H and O–H groups in total. The summed E-state index contributed by atoms with van der Waals surface area (Å²) in [6.45, 7) is 0.535. The van der Waals surface area contributed by atoms with Crippen molar-refractivity contribution in [1.29, 1.82) is 0 Å². The second-order valence-corrected chi connectivity index (χ2v) is 7.83. The summed E-state index contributed by atoms with van der Waals surface area (Å²) in [5, 5.41) is 3.27. The first-order valence-corrected chi connectivity index (χ1v) is 9.66. The van der Waals surface area contributed by atoms with Gasteiger partial charge in [-0.15, -0.1) is 0 Å². The van der Waals surface area contributed by atoms with Gasteiger partial charge in [0, 0.05) is 18.2 Å². The van der Waals surface area contributed by atoms with Gasteiger partial charge in [0.05, 0.1) is 0 Å². The Hall–Kier alpha value is -2.13. The van der Waals surface area contributed by atoms with Crippen LogP contribution in [0.4, 0.5) is 17.6 Å². The second-order valence-electron chi connectivity index (χ2n) is 6.29. The van der Waals surface area contributed by atoms with Crippen LogP contribution in [0.2, 0.25) is 0 Å². The van der Waals surface area contributed by atoms with Crippen LogP contribution in [0, 0.1) is 5.82 Å². The van der Waals surface area contributed by atoms with E-state index in [0.717, 1.165) is 17.7 Å². The molecule has 0 aromatic heterocycles. The third-order valence-corrected chi connectivity index (χ3v) is 5.41. The average molecular weight is 403 g/mol. The van der Waals surface area contributed by atoms with Crippen molar-refractivity contribution in [2.45, 2.75) is 37.4 Å². The third kappa shape index (κ3) is 4.41. The standard InChI is InChI=1S/C18H17F4NO3S/c19-16-8-9-17(26-27(24,25)18(20,21)22)15-10-13(6-7-14(15)16)23-11-12-4-2-1-3-5-12/h1-5,8-9,13,23H,6-7,10-11H2. The number of rotatable bonds is 5. The molecule has 0 aliphatic heterocycles. The smallest absolute Gasteiger partial charge is 0.376 e. The van der Waals surface area contributed by atoms with Gasteiger partial charge >= 0.3 is 15.6 Å². The highest BCUT2D eigenvalue weighted by Gasteiger charge is 2.49. The molecule has 4 nitrogen and oxygen atoms in total. The first kappa shape index (κ1) is 19.6. The molecule has 146 valence electrons. The van der Waals surface area contributed by atoms with Crippen LogP contribution >= 0.6 is 0 Å². The minimum Gasteiger partial charge on any atom is -0.376 e. The van der Waals surface area contributed by atoms with Crippen molar-refractivity contribution in [3.05, 3.63) is 65.0 Å². The van der Waals surface area contributed by atoms with Crippen LogP contribution in [0.25, 0.3) is 0 Å². The molecule has 0 saturated carbocycles. The van der Waals surface area contributed by atoms with Crippen LogP contribution in [0.15, 0.2) is 42.5 Å². The largest absolute Gasteiger partial charge is 0.534 e. The highest BCUT2D eigenvalue weighted by Crippen LogP contribution is 2.35. The summed E-state index contributed by atoms with van der Waals surface area (Å²) < 4.78 is 78.8. The molecular formula is C18H17F4NO3S. The topological polar surface area (TPSA) is 55.4 Å². The fraction of sp³-hybridized carbons (Fsp3) is 0.333. The quantitative estimate of drug-likeness (QED) is 0.470. The average Bonchev–Trinajstić information content (AvgIpc) is 2.62. The Morgan fingerprint density at radius 2 is 1.78 bits per heavy atom. The van der Waals surface area contributed by atoms with Gasteiger partial charge in [-0.3, -0.25) is 0 Å². The minimum atomic E-state index is -5.81. The van der Waals surface area contributed by atoms with Gasteiger partial charge in [-0.25, -0.2) is 4.39 Å². The maximum absolute atomic E-state index is 14.0. The van der Waals surface area contributed by atoms with E-state index in [9.17, 15) is 26.0 Å². The number of halogens is 4. The summed E-state index contributed by atoms with van der Waals surface area (Å²) >= 11 is 0. The van der Waals surface area contributed by atoms with E-state index in [2.05, 4.69) is 9.50 Å². The Kier molecular flexibility index (Phi) is 5.43. The van der Waals surface area contributed by atoms with Gasteiger partial charge in [-0.2, -0.15) is 21.6 Å². The molecular weight excluding hydrogens is 386 g/mol. The molecule has 0 amide bonds. The molecule has 27 heavy (non-hydrogen) atoms. The molecule has 0 saturated heterocycles. The fourth-order valence-electron chi connectivity index (χ4n) is 3.08. The molecule has 9 heteroatoms. The summed E-state index contributed by atoms with van der Waals surface area (Å²) in [4.78, 5) is 0. The van der Waals surface area contributed by atoms with Crippen molar-refractivity contribution in [2.24, 2.45) is 0 Å². The number of alkyl halides is 3. The van der Waals surface area contributed by atoms with Gasteiger partial charge in [0.15, 0.2) is 0 Å². The van der Waals surface area contributed by atoms with Crippen molar-refractivity contribution >= 4 is 10.1 Å². The lowest BCUT2D eigenvalue weighted by Gasteiger charge is -2.27. The summed E-state index contributed by atoms with van der Waals surface area (Å²) in [5.41, 5.74) is -4.17. The van der Waals surface area contributed by atoms with E-state index in [4.69, 9.17) is 0 Å². The van der Waals surface area contributed by atoms with E-state index in [-0.39, 0.29) is 30.0 Å². The van der Waals surface area contributed by atoms with Gasteiger partial charge in [-0.05, 0) is 42.5 Å². The van der Waals surface area contributed by atoms with Crippen molar-refractivity contribution < 1.29 is 30.2 Å². The van der Waals surface area contributed by atoms with Gasteiger partial charge in [0.2, 0.25) is 0 Å². The Balaban J connectivity index is 1.80. The lowest BCUT2D eigenvalue weighted by atomic mass is 9.87. The molecule has 2 aromatic carbocycles. The lowest BCUT2D eigenvalue weighted by Crippen LogP contribution is -2.35. The van der Waals surface area contributed by atoms with Crippen molar-refractivity contribution in [3.63, 3.8) is 0 Å².